The third-order valence-electron chi connectivity index (χ3n) is 3.34. The Labute approximate surface area is 134 Å². The van der Waals surface area contributed by atoms with E-state index >= 15 is 0 Å². The van der Waals surface area contributed by atoms with Crippen molar-refractivity contribution in [3.8, 4) is 0 Å². The first kappa shape index (κ1) is 15.0. The standard InChI is InChI=1S/C14H9N3O5S/c1-8(18)15-9-4-2-3-5-11(9)23-12-7-6-10(16(19)20)13(14(12)15)17(21)22/h2-7H,1H3. The van der Waals surface area contributed by atoms with Gasteiger partial charge in [0.1, 0.15) is 5.69 Å². The molecule has 0 spiro atoms. The second-order valence-electron chi connectivity index (χ2n) is 4.72. The van der Waals surface area contributed by atoms with Crippen molar-refractivity contribution < 1.29 is 14.6 Å². The number of nitro groups is 2. The van der Waals surface area contributed by atoms with Crippen LogP contribution in [0, 0.1) is 20.2 Å². The molecule has 1 aliphatic rings. The van der Waals surface area contributed by atoms with Gasteiger partial charge in [0.2, 0.25) is 5.91 Å². The molecule has 0 radical (unpaired) electrons. The van der Waals surface area contributed by atoms with Crippen molar-refractivity contribution in [2.75, 3.05) is 4.90 Å². The number of hydrogen-bond donors (Lipinski definition) is 0. The smallest absolute Gasteiger partial charge is 0.274 e. The van der Waals surface area contributed by atoms with Crippen LogP contribution < -0.4 is 4.90 Å². The van der Waals surface area contributed by atoms with E-state index < -0.39 is 27.1 Å². The maximum Gasteiger partial charge on any atom is 0.370 e. The summed E-state index contributed by atoms with van der Waals surface area (Å²) in [6, 6.07) is 9.44. The zero-order chi connectivity index (χ0) is 16.7. The lowest BCUT2D eigenvalue weighted by Crippen LogP contribution is -2.26. The number of carbonyl (C=O) groups is 1. The molecule has 0 unspecified atom stereocenters. The fourth-order valence-electron chi connectivity index (χ4n) is 2.47. The topological polar surface area (TPSA) is 107 Å². The summed E-state index contributed by atoms with van der Waals surface area (Å²) < 4.78 is 0. The highest BCUT2D eigenvalue weighted by atomic mass is 32.2. The van der Waals surface area contributed by atoms with Gasteiger partial charge in [-0.25, -0.2) is 0 Å². The lowest BCUT2D eigenvalue weighted by Gasteiger charge is -2.29. The molecule has 1 heterocycles. The van der Waals surface area contributed by atoms with E-state index in [2.05, 4.69) is 0 Å². The second-order valence-corrected chi connectivity index (χ2v) is 5.80. The maximum atomic E-state index is 12.1. The first-order chi connectivity index (χ1) is 10.9. The Hall–Kier alpha value is -2.94. The summed E-state index contributed by atoms with van der Waals surface area (Å²) in [6.07, 6.45) is 0. The van der Waals surface area contributed by atoms with Crippen LogP contribution in [0.15, 0.2) is 46.2 Å². The van der Waals surface area contributed by atoms with Crippen LogP contribution in [0.4, 0.5) is 22.7 Å². The molecule has 1 aliphatic heterocycles. The van der Waals surface area contributed by atoms with Gasteiger partial charge in [-0.15, -0.1) is 0 Å². The Balaban J connectivity index is 2.37. The molecule has 2 aromatic carbocycles. The van der Waals surface area contributed by atoms with Crippen LogP contribution >= 0.6 is 11.8 Å². The van der Waals surface area contributed by atoms with Gasteiger partial charge >= 0.3 is 11.4 Å². The van der Waals surface area contributed by atoms with Gasteiger partial charge in [-0.3, -0.25) is 29.9 Å². The molecule has 2 aromatic rings. The molecule has 3 rings (SSSR count). The van der Waals surface area contributed by atoms with Gasteiger partial charge in [0.25, 0.3) is 0 Å². The van der Waals surface area contributed by atoms with Gasteiger partial charge in [0.15, 0.2) is 0 Å². The molecule has 1 amide bonds. The molecule has 9 heteroatoms. The number of nitrogens with zero attached hydrogens (tertiary/aromatic N) is 3. The van der Waals surface area contributed by atoms with Crippen molar-refractivity contribution in [1.29, 1.82) is 0 Å². The zero-order valence-corrected chi connectivity index (χ0v) is 12.6. The third-order valence-corrected chi connectivity index (χ3v) is 4.45. The highest BCUT2D eigenvalue weighted by Gasteiger charge is 2.39. The van der Waals surface area contributed by atoms with Gasteiger partial charge in [-0.05, 0) is 18.2 Å². The molecular weight excluding hydrogens is 322 g/mol. The van der Waals surface area contributed by atoms with Crippen molar-refractivity contribution in [3.63, 3.8) is 0 Å². The third kappa shape index (κ3) is 2.30. The Morgan fingerprint density at radius 2 is 1.74 bits per heavy atom. The summed E-state index contributed by atoms with van der Waals surface area (Å²) in [5.74, 6) is -0.456. The average molecular weight is 331 g/mol. The number of hydrogen-bond acceptors (Lipinski definition) is 6. The summed E-state index contributed by atoms with van der Waals surface area (Å²) in [6.45, 7) is 1.26. The molecule has 0 saturated heterocycles. The van der Waals surface area contributed by atoms with E-state index in [0.29, 0.717) is 10.6 Å². The van der Waals surface area contributed by atoms with Gasteiger partial charge in [-0.2, -0.15) is 0 Å². The summed E-state index contributed by atoms with van der Waals surface area (Å²) in [5.41, 5.74) is -0.897. The van der Waals surface area contributed by atoms with Crippen molar-refractivity contribution in [2.24, 2.45) is 0 Å². The molecule has 0 aliphatic carbocycles. The van der Waals surface area contributed by atoms with E-state index in [1.807, 2.05) is 0 Å². The predicted molar refractivity (Wildman–Crippen MR) is 83.1 cm³/mol. The van der Waals surface area contributed by atoms with Gasteiger partial charge in [0, 0.05) is 22.8 Å². The number of carbonyl (C=O) groups excluding carboxylic acids is 1. The lowest BCUT2D eigenvalue weighted by molar-refractivity contribution is -0.422. The fourth-order valence-corrected chi connectivity index (χ4v) is 3.54. The summed E-state index contributed by atoms with van der Waals surface area (Å²) in [5, 5.41) is 22.6. The zero-order valence-electron chi connectivity index (χ0n) is 11.8. The van der Waals surface area contributed by atoms with Gasteiger partial charge in [-0.1, -0.05) is 23.9 Å². The number of nitro benzene ring substituents is 2. The van der Waals surface area contributed by atoms with Crippen LogP contribution in [0.1, 0.15) is 6.92 Å². The predicted octanol–water partition coefficient (Wildman–Crippen LogP) is 3.65. The van der Waals surface area contributed by atoms with Crippen LogP contribution in [0.2, 0.25) is 0 Å². The van der Waals surface area contributed by atoms with Crippen LogP contribution in [0.5, 0.6) is 0 Å². The molecule has 0 aromatic heterocycles. The summed E-state index contributed by atoms with van der Waals surface area (Å²) in [7, 11) is 0. The first-order valence-corrected chi connectivity index (χ1v) is 7.27. The van der Waals surface area contributed by atoms with Crippen LogP contribution in [0.25, 0.3) is 0 Å². The number of anilines is 2. The van der Waals surface area contributed by atoms with E-state index in [-0.39, 0.29) is 5.69 Å². The molecular formula is C14H9N3O5S. The fraction of sp³-hybridized carbons (Fsp3) is 0.0714. The van der Waals surface area contributed by atoms with E-state index in [1.165, 1.54) is 24.8 Å². The summed E-state index contributed by atoms with van der Waals surface area (Å²) >= 11 is 1.23. The van der Waals surface area contributed by atoms with Gasteiger partial charge in [0.05, 0.1) is 15.5 Å². The van der Waals surface area contributed by atoms with Crippen molar-refractivity contribution in [2.45, 2.75) is 16.7 Å². The van der Waals surface area contributed by atoms with E-state index in [4.69, 9.17) is 0 Å². The molecule has 0 N–H and O–H groups in total. The summed E-state index contributed by atoms with van der Waals surface area (Å²) in [4.78, 5) is 35.4. The lowest BCUT2D eigenvalue weighted by atomic mass is 10.1. The molecule has 0 fully saturated rings. The van der Waals surface area contributed by atoms with Crippen LogP contribution in [-0.4, -0.2) is 15.8 Å². The van der Waals surface area contributed by atoms with Gasteiger partial charge < -0.3 is 0 Å². The molecule has 23 heavy (non-hydrogen) atoms. The van der Waals surface area contributed by atoms with Crippen LogP contribution in [-0.2, 0) is 4.79 Å². The monoisotopic (exact) mass is 331 g/mol. The number of amides is 1. The highest BCUT2D eigenvalue weighted by Crippen LogP contribution is 2.53. The number of benzene rings is 2. The Kier molecular flexibility index (Phi) is 3.49. The largest absolute Gasteiger partial charge is 0.370 e. The Morgan fingerprint density at radius 3 is 2.35 bits per heavy atom. The molecule has 0 atom stereocenters. The normalized spacial score (nSPS) is 12.3. The average Bonchev–Trinajstić information content (AvgIpc) is 2.50. The van der Waals surface area contributed by atoms with Crippen molar-refractivity contribution in [3.05, 3.63) is 56.6 Å². The Morgan fingerprint density at radius 1 is 1.04 bits per heavy atom. The quantitative estimate of drug-likeness (QED) is 0.614. The van der Waals surface area contributed by atoms with E-state index in [1.54, 1.807) is 24.3 Å². The number of fused-ring (bicyclic) bond motifs is 2. The maximum absolute atomic E-state index is 12.1. The second kappa shape index (κ2) is 5.36. The minimum Gasteiger partial charge on any atom is -0.274 e. The van der Waals surface area contributed by atoms with Crippen molar-refractivity contribution in [1.82, 2.24) is 0 Å². The van der Waals surface area contributed by atoms with Crippen LogP contribution in [0.3, 0.4) is 0 Å². The minimum absolute atomic E-state index is 0.0552. The molecule has 0 saturated carbocycles. The number of para-hydroxylation sites is 1. The molecule has 116 valence electrons. The van der Waals surface area contributed by atoms with Crippen molar-refractivity contribution >= 4 is 40.4 Å². The molecule has 8 nitrogen and oxygen atoms in total. The first-order valence-electron chi connectivity index (χ1n) is 6.45. The number of rotatable bonds is 2. The molecule has 0 bridgehead atoms. The van der Waals surface area contributed by atoms with E-state index in [0.717, 1.165) is 15.9 Å². The SMILES string of the molecule is CC(=O)N1c2ccccc2Sc2ccc([N+](=O)[O-])c([N+](=O)[O-])c21. The van der Waals surface area contributed by atoms with E-state index in [9.17, 15) is 25.0 Å². The highest BCUT2D eigenvalue weighted by molar-refractivity contribution is 7.99. The Bertz CT molecular complexity index is 867. The minimum atomic E-state index is -0.818.